The summed E-state index contributed by atoms with van der Waals surface area (Å²) in [6.45, 7) is 2.14. The van der Waals surface area contributed by atoms with Crippen LogP contribution in [0.2, 0.25) is 5.15 Å². The molecule has 0 bridgehead atoms. The van der Waals surface area contributed by atoms with Crippen molar-refractivity contribution in [1.29, 1.82) is 0 Å². The highest BCUT2D eigenvalue weighted by molar-refractivity contribution is 6.29. The molecule has 1 aromatic heterocycles. The Morgan fingerprint density at radius 1 is 1.39 bits per heavy atom. The topological polar surface area (TPSA) is 44.1 Å². The van der Waals surface area contributed by atoms with Crippen molar-refractivity contribution >= 4 is 17.6 Å². The van der Waals surface area contributed by atoms with Crippen molar-refractivity contribution in [3.63, 3.8) is 0 Å². The maximum atomic E-state index is 11.4. The summed E-state index contributed by atoms with van der Waals surface area (Å²) < 4.78 is 6.29. The highest BCUT2D eigenvalue weighted by Crippen LogP contribution is 2.21. The Hall–Kier alpha value is -1.81. The lowest BCUT2D eigenvalue weighted by Crippen LogP contribution is -2.14. The molecule has 2 aromatic rings. The fraction of sp³-hybridized carbons (Fsp3) is 0.231. The third kappa shape index (κ3) is 2.90. The van der Waals surface area contributed by atoms with Gasteiger partial charge in [-0.3, -0.25) is 4.79 Å². The van der Waals surface area contributed by atoms with Crippen molar-refractivity contribution in [2.75, 3.05) is 6.61 Å². The molecule has 5 heteroatoms. The first kappa shape index (κ1) is 12.6. The fourth-order valence-corrected chi connectivity index (χ4v) is 1.78. The predicted octanol–water partition coefficient (Wildman–Crippen LogP) is 2.77. The third-order valence-electron chi connectivity index (χ3n) is 2.38. The molecule has 4 nitrogen and oxygen atoms in total. The van der Waals surface area contributed by atoms with Crippen molar-refractivity contribution in [2.24, 2.45) is 0 Å². The van der Waals surface area contributed by atoms with Crippen LogP contribution in [0.4, 0.5) is 0 Å². The third-order valence-corrected chi connectivity index (χ3v) is 2.69. The molecule has 0 radical (unpaired) electrons. The molecular formula is C13H13ClN2O2. The minimum Gasteiger partial charge on any atom is -0.465 e. The Bertz CT molecular complexity index is 537. The van der Waals surface area contributed by atoms with Crippen LogP contribution >= 0.6 is 11.6 Å². The number of benzene rings is 1. The lowest BCUT2D eigenvalue weighted by atomic mass is 10.2. The predicted molar refractivity (Wildman–Crippen MR) is 69.3 cm³/mol. The van der Waals surface area contributed by atoms with Gasteiger partial charge in [-0.1, -0.05) is 41.9 Å². The molecule has 0 saturated carbocycles. The molecule has 1 aromatic carbocycles. The van der Waals surface area contributed by atoms with Crippen LogP contribution in [-0.2, 0) is 16.1 Å². The summed E-state index contributed by atoms with van der Waals surface area (Å²) in [5.74, 6) is -0.345. The second-order valence-electron chi connectivity index (χ2n) is 3.68. The average molecular weight is 265 g/mol. The number of nitrogens with zero attached hydrogens (tertiary/aromatic N) is 2. The fourth-order valence-electron chi connectivity index (χ4n) is 1.58. The van der Waals surface area contributed by atoms with E-state index in [1.54, 1.807) is 13.0 Å². The Balaban J connectivity index is 2.20. The lowest BCUT2D eigenvalue weighted by molar-refractivity contribution is -0.144. The van der Waals surface area contributed by atoms with E-state index in [9.17, 15) is 4.79 Å². The minimum absolute atomic E-state index is 0.0273. The molecule has 0 fully saturated rings. The van der Waals surface area contributed by atoms with E-state index in [-0.39, 0.29) is 12.5 Å². The molecule has 0 unspecified atom stereocenters. The molecule has 2 rings (SSSR count). The van der Waals surface area contributed by atoms with Gasteiger partial charge in [0.15, 0.2) is 0 Å². The molecule has 1 heterocycles. The van der Waals surface area contributed by atoms with E-state index in [1.807, 2.05) is 30.3 Å². The second kappa shape index (κ2) is 5.69. The number of ether oxygens (including phenoxy) is 1. The van der Waals surface area contributed by atoms with E-state index < -0.39 is 0 Å². The number of hydrogen-bond donors (Lipinski definition) is 0. The molecule has 0 spiro atoms. The van der Waals surface area contributed by atoms with Gasteiger partial charge in [0, 0.05) is 11.6 Å². The Labute approximate surface area is 110 Å². The van der Waals surface area contributed by atoms with Gasteiger partial charge in [-0.2, -0.15) is 5.10 Å². The molecular weight excluding hydrogens is 252 g/mol. The molecule has 0 amide bonds. The first-order chi connectivity index (χ1) is 8.70. The number of carbonyl (C=O) groups excluding carboxylic acids is 1. The van der Waals surface area contributed by atoms with E-state index >= 15 is 0 Å². The summed E-state index contributed by atoms with van der Waals surface area (Å²) in [4.78, 5) is 11.4. The van der Waals surface area contributed by atoms with Gasteiger partial charge >= 0.3 is 5.97 Å². The molecule has 18 heavy (non-hydrogen) atoms. The minimum atomic E-state index is -0.345. The number of rotatable bonds is 4. The van der Waals surface area contributed by atoms with Crippen LogP contribution in [0.3, 0.4) is 0 Å². The van der Waals surface area contributed by atoms with Gasteiger partial charge < -0.3 is 4.74 Å². The maximum absolute atomic E-state index is 11.4. The number of hydrogen-bond acceptors (Lipinski definition) is 3. The highest BCUT2D eigenvalue weighted by Gasteiger charge is 2.11. The van der Waals surface area contributed by atoms with E-state index in [4.69, 9.17) is 16.3 Å². The van der Waals surface area contributed by atoms with Gasteiger partial charge in [-0.05, 0) is 6.92 Å². The number of esters is 1. The Kier molecular flexibility index (Phi) is 3.99. The monoisotopic (exact) mass is 264 g/mol. The first-order valence-electron chi connectivity index (χ1n) is 5.65. The van der Waals surface area contributed by atoms with Gasteiger partial charge in [0.25, 0.3) is 0 Å². The van der Waals surface area contributed by atoms with Gasteiger partial charge in [0.05, 0.1) is 12.3 Å². The van der Waals surface area contributed by atoms with Crippen molar-refractivity contribution in [2.45, 2.75) is 13.5 Å². The largest absolute Gasteiger partial charge is 0.465 e. The zero-order valence-electron chi connectivity index (χ0n) is 9.97. The number of halogens is 1. The summed E-state index contributed by atoms with van der Waals surface area (Å²) in [7, 11) is 0. The van der Waals surface area contributed by atoms with Crippen LogP contribution in [0.25, 0.3) is 11.3 Å². The second-order valence-corrected chi connectivity index (χ2v) is 4.07. The van der Waals surface area contributed by atoms with Crippen molar-refractivity contribution < 1.29 is 9.53 Å². The zero-order valence-corrected chi connectivity index (χ0v) is 10.7. The van der Waals surface area contributed by atoms with E-state index in [2.05, 4.69) is 5.10 Å². The molecule has 0 N–H and O–H groups in total. The summed E-state index contributed by atoms with van der Waals surface area (Å²) in [6, 6.07) is 11.4. The Morgan fingerprint density at radius 3 is 2.78 bits per heavy atom. The van der Waals surface area contributed by atoms with Crippen LogP contribution in [0.15, 0.2) is 36.4 Å². The van der Waals surface area contributed by atoms with Gasteiger partial charge in [0.1, 0.15) is 11.7 Å². The maximum Gasteiger partial charge on any atom is 0.327 e. The number of aromatic nitrogens is 2. The average Bonchev–Trinajstić information content (AvgIpc) is 2.72. The molecule has 0 aliphatic heterocycles. The standard InChI is InChI=1S/C13H13ClN2O2/c1-2-18-13(17)9-16-12(14)8-11(15-16)10-6-4-3-5-7-10/h3-8H,2,9H2,1H3. The molecule has 94 valence electrons. The van der Waals surface area contributed by atoms with Gasteiger partial charge in [0.2, 0.25) is 0 Å². The van der Waals surface area contributed by atoms with Crippen molar-refractivity contribution in [3.8, 4) is 11.3 Å². The van der Waals surface area contributed by atoms with Gasteiger partial charge in [-0.15, -0.1) is 0 Å². The normalized spacial score (nSPS) is 10.3. The SMILES string of the molecule is CCOC(=O)Cn1nc(-c2ccccc2)cc1Cl. The van der Waals surface area contributed by atoms with Crippen molar-refractivity contribution in [3.05, 3.63) is 41.6 Å². The zero-order chi connectivity index (χ0) is 13.0. The molecule has 0 atom stereocenters. The van der Waals surface area contributed by atoms with Crippen LogP contribution in [0.1, 0.15) is 6.92 Å². The van der Waals surface area contributed by atoms with Crippen molar-refractivity contribution in [1.82, 2.24) is 9.78 Å². The summed E-state index contributed by atoms with van der Waals surface area (Å²) in [5.41, 5.74) is 1.70. The van der Waals surface area contributed by atoms with E-state index in [1.165, 1.54) is 4.68 Å². The van der Waals surface area contributed by atoms with E-state index in [0.29, 0.717) is 11.8 Å². The van der Waals surface area contributed by atoms with Crippen LogP contribution in [0.5, 0.6) is 0 Å². The van der Waals surface area contributed by atoms with Gasteiger partial charge in [-0.25, -0.2) is 4.68 Å². The Morgan fingerprint density at radius 2 is 2.11 bits per heavy atom. The first-order valence-corrected chi connectivity index (χ1v) is 6.03. The molecule has 0 saturated heterocycles. The molecule has 0 aliphatic rings. The molecule has 0 aliphatic carbocycles. The van der Waals surface area contributed by atoms with Crippen LogP contribution < -0.4 is 0 Å². The highest BCUT2D eigenvalue weighted by atomic mass is 35.5. The number of carbonyl (C=O) groups is 1. The lowest BCUT2D eigenvalue weighted by Gasteiger charge is -2.02. The summed E-state index contributed by atoms with van der Waals surface area (Å²) in [5, 5.41) is 4.70. The van der Waals surface area contributed by atoms with Crippen LogP contribution in [-0.4, -0.2) is 22.4 Å². The quantitative estimate of drug-likeness (QED) is 0.798. The smallest absolute Gasteiger partial charge is 0.327 e. The summed E-state index contributed by atoms with van der Waals surface area (Å²) >= 11 is 6.03. The summed E-state index contributed by atoms with van der Waals surface area (Å²) in [6.07, 6.45) is 0. The van der Waals surface area contributed by atoms with E-state index in [0.717, 1.165) is 11.3 Å². The van der Waals surface area contributed by atoms with Crippen LogP contribution in [0, 0.1) is 0 Å².